The number of aromatic nitrogens is 1. The Balaban J connectivity index is 1.38. The second kappa shape index (κ2) is 8.90. The van der Waals surface area contributed by atoms with Crippen LogP contribution in [0.3, 0.4) is 0 Å². The molecule has 1 fully saturated rings. The average molecular weight is 392 g/mol. The molecule has 27 heavy (non-hydrogen) atoms. The summed E-state index contributed by atoms with van der Waals surface area (Å²) in [5.41, 5.74) is 0. The standard InChI is InChI=1S/C19H22ClN3O4/c1-13-12-17(22-27-13)21-19(25)14-6-9-23(10-7-14)18(24)8-11-26-16-4-2-15(20)3-5-16/h2-5,12,14H,6-11H2,1H3,(H,21,22,25). The fourth-order valence-electron chi connectivity index (χ4n) is 2.99. The van der Waals surface area contributed by atoms with Gasteiger partial charge < -0.3 is 19.5 Å². The van der Waals surface area contributed by atoms with E-state index in [2.05, 4.69) is 10.5 Å². The summed E-state index contributed by atoms with van der Waals surface area (Å²) in [4.78, 5) is 26.4. The van der Waals surface area contributed by atoms with E-state index in [1.54, 1.807) is 42.2 Å². The third-order valence-corrected chi connectivity index (χ3v) is 4.75. The van der Waals surface area contributed by atoms with Crippen LogP contribution in [0.4, 0.5) is 5.82 Å². The lowest BCUT2D eigenvalue weighted by atomic mass is 9.95. The Morgan fingerprint density at radius 2 is 2.00 bits per heavy atom. The van der Waals surface area contributed by atoms with E-state index in [1.165, 1.54) is 0 Å². The zero-order valence-corrected chi connectivity index (χ0v) is 15.9. The molecule has 2 aromatic rings. The number of nitrogens with one attached hydrogen (secondary N) is 1. The van der Waals surface area contributed by atoms with Gasteiger partial charge in [-0.05, 0) is 44.0 Å². The van der Waals surface area contributed by atoms with E-state index in [0.29, 0.717) is 61.3 Å². The van der Waals surface area contributed by atoms with Gasteiger partial charge in [-0.25, -0.2) is 0 Å². The average Bonchev–Trinajstić information content (AvgIpc) is 3.08. The molecule has 0 bridgehead atoms. The molecule has 1 saturated heterocycles. The minimum atomic E-state index is -0.128. The first-order valence-corrected chi connectivity index (χ1v) is 9.29. The van der Waals surface area contributed by atoms with Crippen molar-refractivity contribution in [1.29, 1.82) is 0 Å². The minimum absolute atomic E-state index is 0.0370. The van der Waals surface area contributed by atoms with Crippen molar-refractivity contribution in [3.05, 3.63) is 41.1 Å². The van der Waals surface area contributed by atoms with Gasteiger partial charge in [-0.1, -0.05) is 16.8 Å². The van der Waals surface area contributed by atoms with Crippen molar-refractivity contribution in [2.75, 3.05) is 25.0 Å². The lowest BCUT2D eigenvalue weighted by Crippen LogP contribution is -2.41. The number of ether oxygens (including phenoxy) is 1. The number of nitrogens with zero attached hydrogens (tertiary/aromatic N) is 2. The summed E-state index contributed by atoms with van der Waals surface area (Å²) in [6, 6.07) is 8.71. The van der Waals surface area contributed by atoms with Crippen molar-refractivity contribution in [3.8, 4) is 5.75 Å². The summed E-state index contributed by atoms with van der Waals surface area (Å²) in [6.45, 7) is 3.21. The second-order valence-electron chi connectivity index (χ2n) is 6.52. The predicted octanol–water partition coefficient (Wildman–Crippen LogP) is 3.28. The maximum atomic E-state index is 12.3. The SMILES string of the molecule is Cc1cc(NC(=O)C2CCN(C(=O)CCOc3ccc(Cl)cc3)CC2)no1. The van der Waals surface area contributed by atoms with Gasteiger partial charge in [0.05, 0.1) is 13.0 Å². The molecule has 1 aliphatic heterocycles. The third kappa shape index (κ3) is 5.47. The first kappa shape index (κ1) is 19.2. The number of anilines is 1. The van der Waals surface area contributed by atoms with Crippen LogP contribution >= 0.6 is 11.6 Å². The highest BCUT2D eigenvalue weighted by Crippen LogP contribution is 2.20. The van der Waals surface area contributed by atoms with Crippen molar-refractivity contribution in [3.63, 3.8) is 0 Å². The van der Waals surface area contributed by atoms with Gasteiger partial charge in [0.1, 0.15) is 11.5 Å². The van der Waals surface area contributed by atoms with Gasteiger partial charge in [-0.15, -0.1) is 0 Å². The number of amides is 2. The fourth-order valence-corrected chi connectivity index (χ4v) is 3.12. The summed E-state index contributed by atoms with van der Waals surface area (Å²) in [6.07, 6.45) is 1.57. The van der Waals surface area contributed by atoms with Crippen LogP contribution in [0.15, 0.2) is 34.9 Å². The number of rotatable bonds is 6. The first-order valence-electron chi connectivity index (χ1n) is 8.91. The Hall–Kier alpha value is -2.54. The van der Waals surface area contributed by atoms with E-state index in [9.17, 15) is 9.59 Å². The van der Waals surface area contributed by atoms with Crippen LogP contribution in [-0.2, 0) is 9.59 Å². The van der Waals surface area contributed by atoms with Crippen LogP contribution in [0.5, 0.6) is 5.75 Å². The van der Waals surface area contributed by atoms with Crippen molar-refractivity contribution < 1.29 is 18.8 Å². The Labute approximate surface area is 162 Å². The lowest BCUT2D eigenvalue weighted by Gasteiger charge is -2.31. The van der Waals surface area contributed by atoms with Crippen LogP contribution in [-0.4, -0.2) is 41.6 Å². The third-order valence-electron chi connectivity index (χ3n) is 4.50. The molecular weight excluding hydrogens is 370 g/mol. The quantitative estimate of drug-likeness (QED) is 0.816. The Bertz CT molecular complexity index is 783. The summed E-state index contributed by atoms with van der Waals surface area (Å²) >= 11 is 5.83. The van der Waals surface area contributed by atoms with Gasteiger partial charge in [-0.3, -0.25) is 9.59 Å². The number of aryl methyl sites for hydroxylation is 1. The number of carbonyl (C=O) groups excluding carboxylic acids is 2. The summed E-state index contributed by atoms with van der Waals surface area (Å²) in [5, 5.41) is 7.16. The fraction of sp³-hybridized carbons (Fsp3) is 0.421. The molecule has 0 saturated carbocycles. The normalized spacial score (nSPS) is 14.8. The summed E-state index contributed by atoms with van der Waals surface area (Å²) in [5.74, 6) is 1.58. The molecule has 0 unspecified atom stereocenters. The topological polar surface area (TPSA) is 84.7 Å². The van der Waals surface area contributed by atoms with Crippen LogP contribution < -0.4 is 10.1 Å². The molecule has 144 valence electrons. The van der Waals surface area contributed by atoms with Crippen LogP contribution in [0.1, 0.15) is 25.0 Å². The number of hydrogen-bond donors (Lipinski definition) is 1. The van der Waals surface area contributed by atoms with Crippen LogP contribution in [0.2, 0.25) is 5.02 Å². The predicted molar refractivity (Wildman–Crippen MR) is 101 cm³/mol. The van der Waals surface area contributed by atoms with Crippen molar-refractivity contribution >= 4 is 29.2 Å². The molecule has 7 nitrogen and oxygen atoms in total. The van der Waals surface area contributed by atoms with Gasteiger partial charge in [0.15, 0.2) is 5.82 Å². The number of piperidine rings is 1. The molecule has 0 spiro atoms. The number of hydrogen-bond acceptors (Lipinski definition) is 5. The van der Waals surface area contributed by atoms with Gasteiger partial charge in [0.25, 0.3) is 0 Å². The van der Waals surface area contributed by atoms with Crippen molar-refractivity contribution in [2.45, 2.75) is 26.2 Å². The highest BCUT2D eigenvalue weighted by molar-refractivity contribution is 6.30. The van der Waals surface area contributed by atoms with Crippen LogP contribution in [0.25, 0.3) is 0 Å². The highest BCUT2D eigenvalue weighted by Gasteiger charge is 2.27. The van der Waals surface area contributed by atoms with E-state index in [-0.39, 0.29) is 17.7 Å². The summed E-state index contributed by atoms with van der Waals surface area (Å²) in [7, 11) is 0. The minimum Gasteiger partial charge on any atom is -0.493 e. The van der Waals surface area contributed by atoms with Crippen LogP contribution in [0, 0.1) is 12.8 Å². The highest BCUT2D eigenvalue weighted by atomic mass is 35.5. The second-order valence-corrected chi connectivity index (χ2v) is 6.96. The molecule has 2 heterocycles. The van der Waals surface area contributed by atoms with E-state index in [0.717, 1.165) is 0 Å². The first-order chi connectivity index (χ1) is 13.0. The molecule has 0 aliphatic carbocycles. The van der Waals surface area contributed by atoms with Gasteiger partial charge in [-0.2, -0.15) is 0 Å². The number of halogens is 1. The van der Waals surface area contributed by atoms with Crippen molar-refractivity contribution in [1.82, 2.24) is 10.1 Å². The Morgan fingerprint density at radius 1 is 1.30 bits per heavy atom. The van der Waals surface area contributed by atoms with Gasteiger partial charge in [0, 0.05) is 30.1 Å². The molecule has 8 heteroatoms. The lowest BCUT2D eigenvalue weighted by molar-refractivity contribution is -0.135. The molecule has 2 amide bonds. The molecule has 1 aromatic heterocycles. The maximum Gasteiger partial charge on any atom is 0.228 e. The zero-order chi connectivity index (χ0) is 19.2. The monoisotopic (exact) mass is 391 g/mol. The summed E-state index contributed by atoms with van der Waals surface area (Å²) < 4.78 is 10.5. The molecule has 0 atom stereocenters. The molecule has 1 aromatic carbocycles. The Morgan fingerprint density at radius 3 is 2.63 bits per heavy atom. The molecule has 1 aliphatic rings. The maximum absolute atomic E-state index is 12.3. The number of carbonyl (C=O) groups is 2. The van der Waals surface area contributed by atoms with E-state index >= 15 is 0 Å². The number of benzene rings is 1. The molecule has 1 N–H and O–H groups in total. The Kier molecular flexibility index (Phi) is 6.34. The molecule has 0 radical (unpaired) electrons. The van der Waals surface area contributed by atoms with E-state index in [4.69, 9.17) is 20.9 Å². The molecule has 3 rings (SSSR count). The zero-order valence-electron chi connectivity index (χ0n) is 15.1. The van der Waals surface area contributed by atoms with Gasteiger partial charge >= 0.3 is 0 Å². The molecular formula is C19H22ClN3O4. The van der Waals surface area contributed by atoms with Gasteiger partial charge in [0.2, 0.25) is 11.8 Å². The van der Waals surface area contributed by atoms with E-state index in [1.807, 2.05) is 0 Å². The smallest absolute Gasteiger partial charge is 0.228 e. The van der Waals surface area contributed by atoms with Crippen molar-refractivity contribution in [2.24, 2.45) is 5.92 Å². The number of likely N-dealkylation sites (tertiary alicyclic amines) is 1. The largest absolute Gasteiger partial charge is 0.493 e. The van der Waals surface area contributed by atoms with E-state index < -0.39 is 0 Å².